The molecule has 2 rings (SSSR count). The van der Waals surface area contributed by atoms with Crippen LogP contribution in [0.1, 0.15) is 36.3 Å². The van der Waals surface area contributed by atoms with Crippen molar-refractivity contribution in [2.24, 2.45) is 0 Å². The minimum atomic E-state index is -0.943. The summed E-state index contributed by atoms with van der Waals surface area (Å²) in [6, 6.07) is 11.0. The average molecular weight is 285 g/mol. The number of carboxylic acids is 1. The molecule has 0 saturated heterocycles. The van der Waals surface area contributed by atoms with Gasteiger partial charge in [-0.05, 0) is 37.1 Å². The zero-order chi connectivity index (χ0) is 15.2. The summed E-state index contributed by atoms with van der Waals surface area (Å²) in [5.74, 6) is -0.168. The first kappa shape index (κ1) is 15.0. The number of para-hydroxylation sites is 1. The van der Waals surface area contributed by atoms with Crippen LogP contribution >= 0.6 is 0 Å². The number of nitrogens with zero attached hydrogens (tertiary/aromatic N) is 1. The molecule has 1 aromatic carbocycles. The number of carboxylic acid groups (broad SMARTS) is 1. The van der Waals surface area contributed by atoms with Crippen molar-refractivity contribution >= 4 is 5.97 Å². The summed E-state index contributed by atoms with van der Waals surface area (Å²) in [4.78, 5) is 15.7. The maximum atomic E-state index is 11.2. The van der Waals surface area contributed by atoms with Crippen molar-refractivity contribution in [3.8, 4) is 17.0 Å². The molecule has 1 heterocycles. The second-order valence-electron chi connectivity index (χ2n) is 4.69. The van der Waals surface area contributed by atoms with Gasteiger partial charge in [0.2, 0.25) is 0 Å². The monoisotopic (exact) mass is 285 g/mol. The quantitative estimate of drug-likeness (QED) is 0.877. The van der Waals surface area contributed by atoms with Crippen LogP contribution in [0.25, 0.3) is 11.3 Å². The first-order valence-corrected chi connectivity index (χ1v) is 7.12. The lowest BCUT2D eigenvalue weighted by molar-refractivity contribution is 0.0695. The van der Waals surface area contributed by atoms with E-state index in [1.54, 1.807) is 12.1 Å². The van der Waals surface area contributed by atoms with Crippen molar-refractivity contribution in [1.82, 2.24) is 4.98 Å². The third-order valence-corrected chi connectivity index (χ3v) is 3.16. The van der Waals surface area contributed by atoms with Gasteiger partial charge < -0.3 is 9.84 Å². The minimum absolute atomic E-state index is 0.258. The lowest BCUT2D eigenvalue weighted by Gasteiger charge is -2.12. The number of aromatic nitrogens is 1. The Bertz CT molecular complexity index is 638. The number of carbonyl (C=O) groups is 1. The first-order chi connectivity index (χ1) is 10.2. The maximum absolute atomic E-state index is 11.2. The topological polar surface area (TPSA) is 59.4 Å². The second-order valence-corrected chi connectivity index (χ2v) is 4.69. The molecule has 0 amide bonds. The standard InChI is InChI=1S/C17H19NO3/c1-3-11-21-16-8-6-5-7-12(16)15-10-9-13(17(19)20)14(4-2)18-15/h5-10H,3-4,11H2,1-2H3,(H,19,20). The molecule has 4 heteroatoms. The zero-order valence-electron chi connectivity index (χ0n) is 12.3. The highest BCUT2D eigenvalue weighted by Gasteiger charge is 2.13. The van der Waals surface area contributed by atoms with Gasteiger partial charge in [0.25, 0.3) is 0 Å². The molecule has 0 radical (unpaired) electrons. The van der Waals surface area contributed by atoms with Crippen LogP contribution in [-0.2, 0) is 6.42 Å². The number of hydrogen-bond donors (Lipinski definition) is 1. The van der Waals surface area contributed by atoms with Crippen molar-refractivity contribution in [3.63, 3.8) is 0 Å². The summed E-state index contributed by atoms with van der Waals surface area (Å²) < 4.78 is 5.74. The molecule has 110 valence electrons. The number of ether oxygens (including phenoxy) is 1. The lowest BCUT2D eigenvalue weighted by Crippen LogP contribution is -2.05. The second kappa shape index (κ2) is 6.88. The zero-order valence-corrected chi connectivity index (χ0v) is 12.3. The number of aromatic carboxylic acids is 1. The Hall–Kier alpha value is -2.36. The van der Waals surface area contributed by atoms with Gasteiger partial charge in [0.1, 0.15) is 5.75 Å². The van der Waals surface area contributed by atoms with Gasteiger partial charge in [-0.15, -0.1) is 0 Å². The maximum Gasteiger partial charge on any atom is 0.337 e. The largest absolute Gasteiger partial charge is 0.493 e. The first-order valence-electron chi connectivity index (χ1n) is 7.12. The molecule has 0 spiro atoms. The summed E-state index contributed by atoms with van der Waals surface area (Å²) in [7, 11) is 0. The predicted octanol–water partition coefficient (Wildman–Crippen LogP) is 3.80. The summed E-state index contributed by atoms with van der Waals surface area (Å²) in [5.41, 5.74) is 2.47. The molecular formula is C17H19NO3. The van der Waals surface area contributed by atoms with Crippen LogP contribution in [0.3, 0.4) is 0 Å². The molecule has 4 nitrogen and oxygen atoms in total. The summed E-state index contributed by atoms with van der Waals surface area (Å²) in [6.07, 6.45) is 1.51. The predicted molar refractivity (Wildman–Crippen MR) is 81.8 cm³/mol. The van der Waals surface area contributed by atoms with Gasteiger partial charge in [-0.25, -0.2) is 4.79 Å². The highest BCUT2D eigenvalue weighted by atomic mass is 16.5. The molecule has 2 aromatic rings. The fourth-order valence-electron chi connectivity index (χ4n) is 2.13. The molecule has 1 N–H and O–H groups in total. The number of pyridine rings is 1. The van der Waals surface area contributed by atoms with Crippen molar-refractivity contribution in [3.05, 3.63) is 47.7 Å². The Morgan fingerprint density at radius 1 is 1.19 bits per heavy atom. The van der Waals surface area contributed by atoms with E-state index in [1.165, 1.54) is 0 Å². The number of benzene rings is 1. The van der Waals surface area contributed by atoms with E-state index in [4.69, 9.17) is 9.84 Å². The van der Waals surface area contributed by atoms with Crippen LogP contribution in [0.15, 0.2) is 36.4 Å². The molecule has 0 aliphatic heterocycles. The fraction of sp³-hybridized carbons (Fsp3) is 0.294. The van der Waals surface area contributed by atoms with E-state index in [-0.39, 0.29) is 5.56 Å². The van der Waals surface area contributed by atoms with Crippen LogP contribution in [0.4, 0.5) is 0 Å². The van der Waals surface area contributed by atoms with Gasteiger partial charge in [0, 0.05) is 5.56 Å². The van der Waals surface area contributed by atoms with Crippen LogP contribution in [-0.4, -0.2) is 22.7 Å². The molecule has 21 heavy (non-hydrogen) atoms. The number of hydrogen-bond acceptors (Lipinski definition) is 3. The van der Waals surface area contributed by atoms with Crippen LogP contribution in [0.2, 0.25) is 0 Å². The SMILES string of the molecule is CCCOc1ccccc1-c1ccc(C(=O)O)c(CC)n1. The van der Waals surface area contributed by atoms with Gasteiger partial charge in [-0.1, -0.05) is 26.0 Å². The van der Waals surface area contributed by atoms with Crippen molar-refractivity contribution in [2.45, 2.75) is 26.7 Å². The van der Waals surface area contributed by atoms with E-state index >= 15 is 0 Å². The van der Waals surface area contributed by atoms with Crippen LogP contribution in [0, 0.1) is 0 Å². The van der Waals surface area contributed by atoms with Gasteiger partial charge in [0.15, 0.2) is 0 Å². The lowest BCUT2D eigenvalue weighted by atomic mass is 10.1. The summed E-state index contributed by atoms with van der Waals surface area (Å²) >= 11 is 0. The van der Waals surface area contributed by atoms with E-state index < -0.39 is 5.97 Å². The van der Waals surface area contributed by atoms with E-state index in [0.29, 0.717) is 18.7 Å². The molecule has 0 bridgehead atoms. The van der Waals surface area contributed by atoms with Crippen LogP contribution in [0.5, 0.6) is 5.75 Å². The minimum Gasteiger partial charge on any atom is -0.493 e. The Labute approximate surface area is 124 Å². The molecule has 0 unspecified atom stereocenters. The van der Waals surface area contributed by atoms with Crippen molar-refractivity contribution < 1.29 is 14.6 Å². The Morgan fingerprint density at radius 3 is 2.62 bits per heavy atom. The van der Waals surface area contributed by atoms with Gasteiger partial charge in [0.05, 0.1) is 23.6 Å². The Morgan fingerprint density at radius 2 is 1.95 bits per heavy atom. The molecule has 0 aliphatic carbocycles. The molecule has 0 aliphatic rings. The third kappa shape index (κ3) is 3.40. The van der Waals surface area contributed by atoms with Gasteiger partial charge in [-0.2, -0.15) is 0 Å². The van der Waals surface area contributed by atoms with Gasteiger partial charge >= 0.3 is 5.97 Å². The van der Waals surface area contributed by atoms with Crippen molar-refractivity contribution in [2.75, 3.05) is 6.61 Å². The molecule has 0 fully saturated rings. The van der Waals surface area contributed by atoms with Crippen LogP contribution < -0.4 is 4.74 Å². The van der Waals surface area contributed by atoms with E-state index in [0.717, 1.165) is 23.4 Å². The highest BCUT2D eigenvalue weighted by Crippen LogP contribution is 2.29. The summed E-state index contributed by atoms with van der Waals surface area (Å²) in [5, 5.41) is 9.16. The fourth-order valence-corrected chi connectivity index (χ4v) is 2.13. The highest BCUT2D eigenvalue weighted by molar-refractivity contribution is 5.89. The van der Waals surface area contributed by atoms with E-state index in [9.17, 15) is 4.79 Å². The normalized spacial score (nSPS) is 10.4. The third-order valence-electron chi connectivity index (χ3n) is 3.16. The molecule has 0 saturated carbocycles. The van der Waals surface area contributed by atoms with Gasteiger partial charge in [-0.3, -0.25) is 4.98 Å². The number of rotatable bonds is 6. The smallest absolute Gasteiger partial charge is 0.337 e. The van der Waals surface area contributed by atoms with Crippen molar-refractivity contribution in [1.29, 1.82) is 0 Å². The number of aryl methyl sites for hydroxylation is 1. The Balaban J connectivity index is 2.45. The van der Waals surface area contributed by atoms with E-state index in [2.05, 4.69) is 11.9 Å². The Kier molecular flexibility index (Phi) is 4.93. The van der Waals surface area contributed by atoms with E-state index in [1.807, 2.05) is 31.2 Å². The average Bonchev–Trinajstić information content (AvgIpc) is 2.52. The summed E-state index contributed by atoms with van der Waals surface area (Å²) in [6.45, 7) is 4.60. The molecular weight excluding hydrogens is 266 g/mol. The molecule has 1 aromatic heterocycles. The molecule has 0 atom stereocenters.